The van der Waals surface area contributed by atoms with Gasteiger partial charge in [0.15, 0.2) is 0 Å². The molecule has 1 amide bonds. The molecule has 6 nitrogen and oxygen atoms in total. The average Bonchev–Trinajstić information content (AvgIpc) is 2.34. The van der Waals surface area contributed by atoms with Gasteiger partial charge in [0, 0.05) is 6.54 Å². The molecule has 0 bridgehead atoms. The first-order chi connectivity index (χ1) is 9.71. The topological polar surface area (TPSA) is 84.9 Å². The molecule has 0 atom stereocenters. The van der Waals surface area contributed by atoms with Gasteiger partial charge in [0.05, 0.1) is 18.8 Å². The maximum absolute atomic E-state index is 11.4. The molecule has 0 aromatic rings. The number of amides is 1. The van der Waals surface area contributed by atoms with Crippen molar-refractivity contribution < 1.29 is 24.2 Å². The van der Waals surface area contributed by atoms with Gasteiger partial charge < -0.3 is 19.9 Å². The van der Waals surface area contributed by atoms with Crippen LogP contribution in [0.15, 0.2) is 23.3 Å². The molecule has 0 heterocycles. The van der Waals surface area contributed by atoms with Crippen LogP contribution >= 0.6 is 0 Å². The number of ether oxygens (including phenoxy) is 2. The Labute approximate surface area is 125 Å². The van der Waals surface area contributed by atoms with Gasteiger partial charge in [-0.2, -0.15) is 0 Å². The van der Waals surface area contributed by atoms with E-state index in [1.54, 1.807) is 40.7 Å². The van der Waals surface area contributed by atoms with Crippen molar-refractivity contribution in [1.82, 2.24) is 5.32 Å². The average molecular weight is 299 g/mol. The molecule has 0 fully saturated rings. The van der Waals surface area contributed by atoms with Crippen molar-refractivity contribution in [3.8, 4) is 0 Å². The minimum Gasteiger partial charge on any atom is -0.478 e. The van der Waals surface area contributed by atoms with Gasteiger partial charge in [-0.3, -0.25) is 0 Å². The third-order valence-electron chi connectivity index (χ3n) is 2.39. The molecule has 0 saturated carbocycles. The molecule has 0 spiro atoms. The number of aliphatic carboxylic acids is 1. The highest BCUT2D eigenvalue weighted by Crippen LogP contribution is 2.10. The van der Waals surface area contributed by atoms with Crippen LogP contribution in [0.4, 0.5) is 4.79 Å². The Bertz CT molecular complexity index is 418. The van der Waals surface area contributed by atoms with Gasteiger partial charge in [0.25, 0.3) is 0 Å². The summed E-state index contributed by atoms with van der Waals surface area (Å²) in [6.45, 7) is 9.51. The number of alkyl carbamates (subject to hydrolysis) is 1. The lowest BCUT2D eigenvalue weighted by Gasteiger charge is -2.19. The summed E-state index contributed by atoms with van der Waals surface area (Å²) in [4.78, 5) is 22.4. The summed E-state index contributed by atoms with van der Waals surface area (Å²) >= 11 is 0. The van der Waals surface area contributed by atoms with E-state index in [9.17, 15) is 9.59 Å². The fourth-order valence-corrected chi connectivity index (χ4v) is 1.48. The summed E-state index contributed by atoms with van der Waals surface area (Å²) in [5, 5.41) is 11.6. The summed E-state index contributed by atoms with van der Waals surface area (Å²) in [6.07, 6.45) is 2.72. The van der Waals surface area contributed by atoms with Gasteiger partial charge in [-0.1, -0.05) is 12.2 Å². The monoisotopic (exact) mass is 299 g/mol. The van der Waals surface area contributed by atoms with Crippen molar-refractivity contribution in [3.63, 3.8) is 0 Å². The van der Waals surface area contributed by atoms with Gasteiger partial charge in [-0.05, 0) is 40.2 Å². The second-order valence-electron chi connectivity index (χ2n) is 5.30. The molecule has 0 aromatic heterocycles. The molecule has 0 saturated heterocycles. The van der Waals surface area contributed by atoms with Gasteiger partial charge in [0.1, 0.15) is 5.60 Å². The highest BCUT2D eigenvalue weighted by Gasteiger charge is 2.15. The smallest absolute Gasteiger partial charge is 0.407 e. The van der Waals surface area contributed by atoms with Crippen LogP contribution in [0.1, 0.15) is 34.6 Å². The molecule has 21 heavy (non-hydrogen) atoms. The first-order valence-electron chi connectivity index (χ1n) is 6.81. The molecule has 0 rings (SSSR count). The predicted octanol–water partition coefficient (Wildman–Crippen LogP) is 2.50. The highest BCUT2D eigenvalue weighted by molar-refractivity contribution is 5.91. The lowest BCUT2D eigenvalue weighted by Crippen LogP contribution is -2.34. The van der Waals surface area contributed by atoms with Crippen LogP contribution in [-0.2, 0) is 14.3 Å². The maximum atomic E-state index is 11.4. The number of allylic oxidation sites excluding steroid dienone is 2. The quantitative estimate of drug-likeness (QED) is 0.428. The minimum absolute atomic E-state index is 0.179. The zero-order valence-electron chi connectivity index (χ0n) is 13.4. The summed E-state index contributed by atoms with van der Waals surface area (Å²) in [5.41, 5.74) is 0.283. The zero-order chi connectivity index (χ0) is 16.5. The van der Waals surface area contributed by atoms with E-state index in [1.807, 2.05) is 0 Å². The highest BCUT2D eigenvalue weighted by atomic mass is 16.6. The lowest BCUT2D eigenvalue weighted by molar-refractivity contribution is -0.132. The minimum atomic E-state index is -0.985. The number of rotatable bonds is 7. The fraction of sp³-hybridized carbons (Fsp3) is 0.600. The number of nitrogens with one attached hydrogen (secondary N) is 1. The SMILES string of the molecule is C/C=C(COCCNC(=O)OC(C)(C)C)\C(=C/C)C(=O)O. The predicted molar refractivity (Wildman–Crippen MR) is 80.2 cm³/mol. The van der Waals surface area contributed by atoms with Gasteiger partial charge in [0.2, 0.25) is 0 Å². The third-order valence-corrected chi connectivity index (χ3v) is 2.39. The summed E-state index contributed by atoms with van der Waals surface area (Å²) in [5.74, 6) is -0.985. The Hall–Kier alpha value is -1.82. The molecule has 0 aliphatic carbocycles. The van der Waals surface area contributed by atoms with Crippen molar-refractivity contribution in [2.45, 2.75) is 40.2 Å². The number of carboxylic acid groups (broad SMARTS) is 1. The molecular formula is C15H25NO5. The van der Waals surface area contributed by atoms with E-state index in [0.717, 1.165) is 0 Å². The largest absolute Gasteiger partial charge is 0.478 e. The molecular weight excluding hydrogens is 274 g/mol. The Morgan fingerprint density at radius 3 is 2.24 bits per heavy atom. The number of carboxylic acids is 1. The molecule has 2 N–H and O–H groups in total. The van der Waals surface area contributed by atoms with E-state index in [2.05, 4.69) is 5.32 Å². The number of hydrogen-bond acceptors (Lipinski definition) is 4. The van der Waals surface area contributed by atoms with Crippen LogP contribution in [0.2, 0.25) is 0 Å². The zero-order valence-corrected chi connectivity index (χ0v) is 13.4. The summed E-state index contributed by atoms with van der Waals surface area (Å²) < 4.78 is 10.4. The molecule has 6 heteroatoms. The van der Waals surface area contributed by atoms with E-state index >= 15 is 0 Å². The summed E-state index contributed by atoms with van der Waals surface area (Å²) in [7, 11) is 0. The van der Waals surface area contributed by atoms with Gasteiger partial charge in [-0.25, -0.2) is 9.59 Å². The van der Waals surface area contributed by atoms with Crippen LogP contribution in [0, 0.1) is 0 Å². The Kier molecular flexibility index (Phi) is 8.38. The van der Waals surface area contributed by atoms with E-state index in [-0.39, 0.29) is 18.8 Å². The van der Waals surface area contributed by atoms with Crippen molar-refractivity contribution >= 4 is 12.1 Å². The molecule has 0 unspecified atom stereocenters. The van der Waals surface area contributed by atoms with Crippen LogP contribution in [0.3, 0.4) is 0 Å². The first-order valence-corrected chi connectivity index (χ1v) is 6.81. The number of hydrogen-bond donors (Lipinski definition) is 2. The Balaban J connectivity index is 4.05. The number of carbonyl (C=O) groups excluding carboxylic acids is 1. The first kappa shape index (κ1) is 19.2. The third kappa shape index (κ3) is 8.86. The van der Waals surface area contributed by atoms with Crippen LogP contribution in [0.25, 0.3) is 0 Å². The molecule has 120 valence electrons. The lowest BCUT2D eigenvalue weighted by atomic mass is 10.1. The van der Waals surface area contributed by atoms with E-state index < -0.39 is 17.7 Å². The van der Waals surface area contributed by atoms with Crippen LogP contribution < -0.4 is 5.32 Å². The van der Waals surface area contributed by atoms with E-state index in [4.69, 9.17) is 14.6 Å². The van der Waals surface area contributed by atoms with Crippen molar-refractivity contribution in [2.24, 2.45) is 0 Å². The maximum Gasteiger partial charge on any atom is 0.407 e. The Morgan fingerprint density at radius 1 is 1.19 bits per heavy atom. The second-order valence-corrected chi connectivity index (χ2v) is 5.30. The molecule has 0 radical (unpaired) electrons. The van der Waals surface area contributed by atoms with Crippen LogP contribution in [-0.4, -0.2) is 42.5 Å². The van der Waals surface area contributed by atoms with Crippen molar-refractivity contribution in [3.05, 3.63) is 23.3 Å². The van der Waals surface area contributed by atoms with Crippen LogP contribution in [0.5, 0.6) is 0 Å². The second kappa shape index (κ2) is 9.18. The molecule has 0 aliphatic rings. The normalized spacial score (nSPS) is 13.0. The van der Waals surface area contributed by atoms with E-state index in [1.165, 1.54) is 6.08 Å². The fourth-order valence-electron chi connectivity index (χ4n) is 1.48. The summed E-state index contributed by atoms with van der Waals surface area (Å²) in [6, 6.07) is 0. The van der Waals surface area contributed by atoms with Gasteiger partial charge >= 0.3 is 12.1 Å². The number of carbonyl (C=O) groups is 2. The van der Waals surface area contributed by atoms with Gasteiger partial charge in [-0.15, -0.1) is 0 Å². The standard InChI is InChI=1S/C15H25NO5/c1-6-11(12(7-2)13(17)18)10-20-9-8-16-14(19)21-15(3,4)5/h6-7H,8-10H2,1-5H3,(H,16,19)(H,17,18)/b11-6-,12-7+. The van der Waals surface area contributed by atoms with Crippen molar-refractivity contribution in [2.75, 3.05) is 19.8 Å². The molecule has 0 aromatic carbocycles. The van der Waals surface area contributed by atoms with Crippen molar-refractivity contribution in [1.29, 1.82) is 0 Å². The molecule has 0 aliphatic heterocycles. The van der Waals surface area contributed by atoms with E-state index in [0.29, 0.717) is 12.1 Å². The Morgan fingerprint density at radius 2 is 1.81 bits per heavy atom.